The van der Waals surface area contributed by atoms with E-state index in [2.05, 4.69) is 10.4 Å². The Hall–Kier alpha value is -1.07. The van der Waals surface area contributed by atoms with Crippen LogP contribution >= 0.6 is 11.6 Å². The van der Waals surface area contributed by atoms with Gasteiger partial charge in [-0.05, 0) is 13.8 Å². The van der Waals surface area contributed by atoms with Gasteiger partial charge in [0.15, 0.2) is 0 Å². The number of carbonyl (C=O) groups excluding carboxylic acids is 1. The molecule has 0 radical (unpaired) electrons. The second-order valence-corrected chi connectivity index (χ2v) is 4.06. The van der Waals surface area contributed by atoms with Crippen LogP contribution in [-0.4, -0.2) is 35.4 Å². The van der Waals surface area contributed by atoms with Gasteiger partial charge in [-0.25, -0.2) is 0 Å². The topological polar surface area (TPSA) is 56.1 Å². The second-order valence-electron chi connectivity index (χ2n) is 3.70. The molecule has 0 bridgehead atoms. The Morgan fingerprint density at radius 3 is 2.75 bits per heavy atom. The molecule has 0 aliphatic heterocycles. The summed E-state index contributed by atoms with van der Waals surface area (Å²) in [6, 6.07) is -0.0619. The van der Waals surface area contributed by atoms with E-state index in [0.29, 0.717) is 23.0 Å². The van der Waals surface area contributed by atoms with Gasteiger partial charge in [-0.1, -0.05) is 11.6 Å². The molecule has 0 aromatic carbocycles. The standard InChI is InChI=1S/C10H16ClN3O2/c1-6(5-16-4)12-10(15)8-7(2)13-14(3)9(8)11/h6H,5H2,1-4H3,(H,12,15). The fourth-order valence-electron chi connectivity index (χ4n) is 1.48. The number of nitrogens with zero attached hydrogens (tertiary/aromatic N) is 2. The Bertz CT molecular complexity index is 390. The van der Waals surface area contributed by atoms with E-state index in [1.54, 1.807) is 21.1 Å². The molecule has 1 heterocycles. The number of hydrogen-bond donors (Lipinski definition) is 1. The first-order valence-electron chi connectivity index (χ1n) is 4.96. The number of ether oxygens (including phenoxy) is 1. The van der Waals surface area contributed by atoms with Crippen molar-refractivity contribution in [1.82, 2.24) is 15.1 Å². The summed E-state index contributed by atoms with van der Waals surface area (Å²) in [5.74, 6) is -0.222. The van der Waals surface area contributed by atoms with Crippen LogP contribution in [0.4, 0.5) is 0 Å². The number of aromatic nitrogens is 2. The van der Waals surface area contributed by atoms with Gasteiger partial charge in [-0.3, -0.25) is 9.48 Å². The quantitative estimate of drug-likeness (QED) is 0.866. The number of rotatable bonds is 4. The van der Waals surface area contributed by atoms with Crippen molar-refractivity contribution in [2.24, 2.45) is 7.05 Å². The minimum atomic E-state index is -0.222. The molecule has 5 nitrogen and oxygen atoms in total. The number of carbonyl (C=O) groups is 1. The Balaban J connectivity index is 2.80. The third-order valence-electron chi connectivity index (χ3n) is 2.17. The van der Waals surface area contributed by atoms with Crippen molar-refractivity contribution in [1.29, 1.82) is 0 Å². The summed E-state index contributed by atoms with van der Waals surface area (Å²) in [5.41, 5.74) is 1.04. The summed E-state index contributed by atoms with van der Waals surface area (Å²) < 4.78 is 6.42. The molecule has 6 heteroatoms. The molecular formula is C10H16ClN3O2. The van der Waals surface area contributed by atoms with Gasteiger partial charge >= 0.3 is 0 Å². The molecule has 1 rings (SSSR count). The first kappa shape index (κ1) is 13.0. The van der Waals surface area contributed by atoms with Gasteiger partial charge in [0.25, 0.3) is 5.91 Å². The molecule has 1 aromatic heterocycles. The van der Waals surface area contributed by atoms with E-state index in [0.717, 1.165) is 0 Å². The number of methoxy groups -OCH3 is 1. The van der Waals surface area contributed by atoms with Gasteiger partial charge in [0, 0.05) is 20.2 Å². The molecule has 0 saturated carbocycles. The summed E-state index contributed by atoms with van der Waals surface area (Å²) >= 11 is 5.98. The van der Waals surface area contributed by atoms with Gasteiger partial charge in [-0.2, -0.15) is 5.10 Å². The average molecular weight is 246 g/mol. The molecular weight excluding hydrogens is 230 g/mol. The van der Waals surface area contributed by atoms with Crippen LogP contribution in [0.25, 0.3) is 0 Å². The molecule has 1 unspecified atom stereocenters. The lowest BCUT2D eigenvalue weighted by molar-refractivity contribution is 0.0905. The molecule has 90 valence electrons. The van der Waals surface area contributed by atoms with Crippen LogP contribution in [0.15, 0.2) is 0 Å². The molecule has 1 amide bonds. The molecule has 0 aliphatic carbocycles. The Morgan fingerprint density at radius 2 is 2.31 bits per heavy atom. The molecule has 0 aliphatic rings. The fourth-order valence-corrected chi connectivity index (χ4v) is 1.74. The van der Waals surface area contributed by atoms with E-state index < -0.39 is 0 Å². The predicted octanol–water partition coefficient (Wildman–Crippen LogP) is 1.15. The molecule has 1 atom stereocenters. The van der Waals surface area contributed by atoms with Crippen molar-refractivity contribution in [2.75, 3.05) is 13.7 Å². The maximum absolute atomic E-state index is 11.9. The second kappa shape index (κ2) is 5.32. The number of halogens is 1. The van der Waals surface area contributed by atoms with Gasteiger partial charge < -0.3 is 10.1 Å². The molecule has 1 N–H and O–H groups in total. The lowest BCUT2D eigenvalue weighted by atomic mass is 10.2. The Kier molecular flexibility index (Phi) is 4.32. The van der Waals surface area contributed by atoms with E-state index in [1.807, 2.05) is 6.92 Å². The predicted molar refractivity (Wildman–Crippen MR) is 61.8 cm³/mol. The van der Waals surface area contributed by atoms with E-state index in [9.17, 15) is 4.79 Å². The minimum absolute atomic E-state index is 0.0619. The highest BCUT2D eigenvalue weighted by molar-refractivity contribution is 6.33. The lowest BCUT2D eigenvalue weighted by Gasteiger charge is -2.12. The number of nitrogens with one attached hydrogen (secondary N) is 1. The Morgan fingerprint density at radius 1 is 1.69 bits per heavy atom. The van der Waals surface area contributed by atoms with Gasteiger partial charge in [-0.15, -0.1) is 0 Å². The first-order chi connectivity index (χ1) is 7.47. The van der Waals surface area contributed by atoms with Crippen molar-refractivity contribution in [3.8, 4) is 0 Å². The van der Waals surface area contributed by atoms with Crippen LogP contribution in [0.3, 0.4) is 0 Å². The zero-order valence-electron chi connectivity index (χ0n) is 9.87. The zero-order chi connectivity index (χ0) is 12.3. The number of aryl methyl sites for hydroxylation is 2. The fraction of sp³-hybridized carbons (Fsp3) is 0.600. The van der Waals surface area contributed by atoms with Gasteiger partial charge in [0.05, 0.1) is 17.9 Å². The summed E-state index contributed by atoms with van der Waals surface area (Å²) in [4.78, 5) is 11.9. The van der Waals surface area contributed by atoms with Gasteiger partial charge in [0.1, 0.15) is 5.15 Å². The summed E-state index contributed by atoms with van der Waals surface area (Å²) in [6.45, 7) is 4.07. The van der Waals surface area contributed by atoms with Crippen molar-refractivity contribution < 1.29 is 9.53 Å². The average Bonchev–Trinajstić information content (AvgIpc) is 2.41. The summed E-state index contributed by atoms with van der Waals surface area (Å²) in [5, 5.41) is 7.21. The van der Waals surface area contributed by atoms with Crippen LogP contribution in [0.5, 0.6) is 0 Å². The third-order valence-corrected chi connectivity index (χ3v) is 2.61. The maximum Gasteiger partial charge on any atom is 0.256 e. The van der Waals surface area contributed by atoms with E-state index in [4.69, 9.17) is 16.3 Å². The van der Waals surface area contributed by atoms with Gasteiger partial charge in [0.2, 0.25) is 0 Å². The minimum Gasteiger partial charge on any atom is -0.383 e. The van der Waals surface area contributed by atoms with Crippen molar-refractivity contribution in [3.63, 3.8) is 0 Å². The zero-order valence-corrected chi connectivity index (χ0v) is 10.6. The SMILES string of the molecule is COCC(C)NC(=O)c1c(C)nn(C)c1Cl. The molecule has 1 aromatic rings. The lowest BCUT2D eigenvalue weighted by Crippen LogP contribution is -2.35. The van der Waals surface area contributed by atoms with Crippen LogP contribution in [-0.2, 0) is 11.8 Å². The molecule has 16 heavy (non-hydrogen) atoms. The number of hydrogen-bond acceptors (Lipinski definition) is 3. The maximum atomic E-state index is 11.9. The first-order valence-corrected chi connectivity index (χ1v) is 5.34. The highest BCUT2D eigenvalue weighted by atomic mass is 35.5. The van der Waals surface area contributed by atoms with Crippen molar-refractivity contribution in [3.05, 3.63) is 16.4 Å². The van der Waals surface area contributed by atoms with Crippen molar-refractivity contribution >= 4 is 17.5 Å². The van der Waals surface area contributed by atoms with E-state index in [-0.39, 0.29) is 11.9 Å². The van der Waals surface area contributed by atoms with E-state index in [1.165, 1.54) is 4.68 Å². The molecule has 0 spiro atoms. The normalized spacial score (nSPS) is 12.6. The number of amides is 1. The third kappa shape index (κ3) is 2.74. The highest BCUT2D eigenvalue weighted by Gasteiger charge is 2.19. The summed E-state index contributed by atoms with van der Waals surface area (Å²) in [6.07, 6.45) is 0. The monoisotopic (exact) mass is 245 g/mol. The van der Waals surface area contributed by atoms with E-state index >= 15 is 0 Å². The Labute approximate surface area is 99.7 Å². The highest BCUT2D eigenvalue weighted by Crippen LogP contribution is 2.18. The van der Waals surface area contributed by atoms with Crippen LogP contribution in [0.1, 0.15) is 23.0 Å². The smallest absolute Gasteiger partial charge is 0.256 e. The molecule has 0 fully saturated rings. The van der Waals surface area contributed by atoms with Crippen LogP contribution in [0.2, 0.25) is 5.15 Å². The molecule has 0 saturated heterocycles. The largest absolute Gasteiger partial charge is 0.383 e. The van der Waals surface area contributed by atoms with Crippen LogP contribution < -0.4 is 5.32 Å². The summed E-state index contributed by atoms with van der Waals surface area (Å²) in [7, 11) is 3.29. The van der Waals surface area contributed by atoms with Crippen LogP contribution in [0, 0.1) is 6.92 Å². The van der Waals surface area contributed by atoms with Crippen molar-refractivity contribution in [2.45, 2.75) is 19.9 Å².